The number of halogens is 1. The first-order chi connectivity index (χ1) is 13.4. The molecule has 2 aromatic carbocycles. The van der Waals surface area contributed by atoms with Gasteiger partial charge in [-0.2, -0.15) is 11.8 Å². The number of nitro groups is 1. The Morgan fingerprint density at radius 1 is 1.21 bits per heavy atom. The summed E-state index contributed by atoms with van der Waals surface area (Å²) in [4.78, 5) is 35.2. The number of nitrogens with zero attached hydrogens (tertiary/aromatic N) is 1. The molecule has 0 bridgehead atoms. The standard InChI is InChI=1S/C19H20FN3O4S/c1-28-10-9-17(19(25)21-12-14-5-2-3-8-16(14)20)22-18(24)13-6-4-7-15(11-13)23(26)27/h2-8,11,17H,9-10,12H2,1H3,(H,21,25)(H,22,24). The zero-order chi connectivity index (χ0) is 20.5. The molecule has 1 atom stereocenters. The maximum absolute atomic E-state index is 13.7. The van der Waals surface area contributed by atoms with Crippen LogP contribution in [0.3, 0.4) is 0 Å². The maximum Gasteiger partial charge on any atom is 0.270 e. The molecule has 0 aliphatic rings. The third-order valence-corrected chi connectivity index (χ3v) is 4.61. The molecule has 0 saturated heterocycles. The number of carbonyl (C=O) groups is 2. The quantitative estimate of drug-likeness (QED) is 0.493. The van der Waals surface area contributed by atoms with E-state index in [0.29, 0.717) is 17.7 Å². The molecule has 7 nitrogen and oxygen atoms in total. The van der Waals surface area contributed by atoms with Gasteiger partial charge in [0.2, 0.25) is 5.91 Å². The van der Waals surface area contributed by atoms with Gasteiger partial charge in [-0.1, -0.05) is 24.3 Å². The zero-order valence-electron chi connectivity index (χ0n) is 15.2. The highest BCUT2D eigenvalue weighted by atomic mass is 32.2. The van der Waals surface area contributed by atoms with Gasteiger partial charge in [0.25, 0.3) is 11.6 Å². The number of nitro benzene ring substituents is 1. The van der Waals surface area contributed by atoms with Gasteiger partial charge in [0.15, 0.2) is 0 Å². The van der Waals surface area contributed by atoms with Crippen LogP contribution in [0.4, 0.5) is 10.1 Å². The van der Waals surface area contributed by atoms with Crippen molar-refractivity contribution in [1.82, 2.24) is 10.6 Å². The first kappa shape index (κ1) is 21.4. The molecular formula is C19H20FN3O4S. The maximum atomic E-state index is 13.7. The van der Waals surface area contributed by atoms with Crippen molar-refractivity contribution in [3.05, 3.63) is 75.6 Å². The number of hydrogen-bond donors (Lipinski definition) is 2. The topological polar surface area (TPSA) is 101 Å². The Balaban J connectivity index is 2.06. The van der Waals surface area contributed by atoms with E-state index in [-0.39, 0.29) is 17.8 Å². The van der Waals surface area contributed by atoms with Gasteiger partial charge in [-0.15, -0.1) is 0 Å². The Morgan fingerprint density at radius 3 is 2.64 bits per heavy atom. The molecule has 9 heteroatoms. The number of hydrogen-bond acceptors (Lipinski definition) is 5. The minimum atomic E-state index is -0.842. The molecule has 2 aromatic rings. The molecule has 0 saturated carbocycles. The highest BCUT2D eigenvalue weighted by Crippen LogP contribution is 2.14. The third-order valence-electron chi connectivity index (χ3n) is 3.96. The van der Waals surface area contributed by atoms with Gasteiger partial charge in [0.1, 0.15) is 11.9 Å². The van der Waals surface area contributed by atoms with E-state index in [0.717, 1.165) is 6.07 Å². The number of thioether (sulfide) groups is 1. The van der Waals surface area contributed by atoms with Crippen LogP contribution in [0, 0.1) is 15.9 Å². The summed E-state index contributed by atoms with van der Waals surface area (Å²) in [6, 6.07) is 10.5. The van der Waals surface area contributed by atoms with Crippen molar-refractivity contribution in [3.63, 3.8) is 0 Å². The molecule has 0 fully saturated rings. The summed E-state index contributed by atoms with van der Waals surface area (Å²) in [6.07, 6.45) is 2.24. The summed E-state index contributed by atoms with van der Waals surface area (Å²) in [5.41, 5.74) is 0.215. The Bertz CT molecular complexity index is 863. The molecule has 2 amide bonds. The summed E-state index contributed by atoms with van der Waals surface area (Å²) in [5, 5.41) is 16.1. The smallest absolute Gasteiger partial charge is 0.270 e. The Morgan fingerprint density at radius 2 is 1.96 bits per heavy atom. The van der Waals surface area contributed by atoms with E-state index in [4.69, 9.17) is 0 Å². The lowest BCUT2D eigenvalue weighted by Gasteiger charge is -2.18. The summed E-state index contributed by atoms with van der Waals surface area (Å²) in [5.74, 6) is -0.844. The average molecular weight is 405 g/mol. The molecule has 0 radical (unpaired) electrons. The summed E-state index contributed by atoms with van der Waals surface area (Å²) < 4.78 is 13.7. The van der Waals surface area contributed by atoms with Crippen LogP contribution < -0.4 is 10.6 Å². The Hall–Kier alpha value is -2.94. The molecule has 28 heavy (non-hydrogen) atoms. The third kappa shape index (κ3) is 6.05. The lowest BCUT2D eigenvalue weighted by molar-refractivity contribution is -0.384. The highest BCUT2D eigenvalue weighted by molar-refractivity contribution is 7.98. The van der Waals surface area contributed by atoms with Crippen molar-refractivity contribution in [2.75, 3.05) is 12.0 Å². The fraction of sp³-hybridized carbons (Fsp3) is 0.263. The van der Waals surface area contributed by atoms with Crippen molar-refractivity contribution in [3.8, 4) is 0 Å². The predicted octanol–water partition coefficient (Wildman–Crippen LogP) is 2.90. The fourth-order valence-electron chi connectivity index (χ4n) is 2.45. The largest absolute Gasteiger partial charge is 0.350 e. The normalized spacial score (nSPS) is 11.5. The lowest BCUT2D eigenvalue weighted by atomic mass is 10.1. The summed E-state index contributed by atoms with van der Waals surface area (Å²) >= 11 is 1.51. The number of benzene rings is 2. The molecule has 2 rings (SSSR count). The van der Waals surface area contributed by atoms with Crippen LogP contribution >= 0.6 is 11.8 Å². The first-order valence-corrected chi connectivity index (χ1v) is 9.87. The molecule has 0 spiro atoms. The van der Waals surface area contributed by atoms with E-state index < -0.39 is 28.6 Å². The van der Waals surface area contributed by atoms with E-state index >= 15 is 0 Å². The summed E-state index contributed by atoms with van der Waals surface area (Å²) in [6.45, 7) is -0.00600. The SMILES string of the molecule is CSCCC(NC(=O)c1cccc([N+](=O)[O-])c1)C(=O)NCc1ccccc1F. The van der Waals surface area contributed by atoms with Crippen molar-refractivity contribution >= 4 is 29.3 Å². The number of carbonyl (C=O) groups excluding carboxylic acids is 2. The molecule has 0 aliphatic carbocycles. The molecule has 1 unspecified atom stereocenters. The van der Waals surface area contributed by atoms with Crippen LogP contribution in [0.25, 0.3) is 0 Å². The van der Waals surface area contributed by atoms with Crippen molar-refractivity contribution in [1.29, 1.82) is 0 Å². The van der Waals surface area contributed by atoms with Crippen LogP contribution in [-0.4, -0.2) is 34.8 Å². The van der Waals surface area contributed by atoms with Crippen LogP contribution in [0.15, 0.2) is 48.5 Å². The van der Waals surface area contributed by atoms with E-state index in [2.05, 4.69) is 10.6 Å². The minimum Gasteiger partial charge on any atom is -0.350 e. The van der Waals surface area contributed by atoms with Crippen molar-refractivity contribution in [2.45, 2.75) is 19.0 Å². The van der Waals surface area contributed by atoms with Crippen LogP contribution in [0.1, 0.15) is 22.3 Å². The van der Waals surface area contributed by atoms with Crippen LogP contribution in [-0.2, 0) is 11.3 Å². The van der Waals surface area contributed by atoms with E-state index in [9.17, 15) is 24.1 Å². The second kappa shape index (κ2) is 10.4. The molecular weight excluding hydrogens is 385 g/mol. The molecule has 0 heterocycles. The molecule has 148 valence electrons. The van der Waals surface area contributed by atoms with Gasteiger partial charge < -0.3 is 10.6 Å². The van der Waals surface area contributed by atoms with Gasteiger partial charge in [-0.3, -0.25) is 19.7 Å². The van der Waals surface area contributed by atoms with Crippen molar-refractivity contribution < 1.29 is 18.9 Å². The Labute approximate surface area is 165 Å². The lowest BCUT2D eigenvalue weighted by Crippen LogP contribution is -2.47. The predicted molar refractivity (Wildman–Crippen MR) is 106 cm³/mol. The number of nitrogens with one attached hydrogen (secondary N) is 2. The second-order valence-corrected chi connectivity index (χ2v) is 6.91. The first-order valence-electron chi connectivity index (χ1n) is 8.47. The van der Waals surface area contributed by atoms with Crippen LogP contribution in [0.5, 0.6) is 0 Å². The van der Waals surface area contributed by atoms with E-state index in [1.807, 2.05) is 6.26 Å². The number of non-ortho nitro benzene ring substituents is 1. The minimum absolute atomic E-state index is 0.00600. The second-order valence-electron chi connectivity index (χ2n) is 5.92. The van der Waals surface area contributed by atoms with Gasteiger partial charge in [0, 0.05) is 29.8 Å². The fourth-order valence-corrected chi connectivity index (χ4v) is 2.93. The van der Waals surface area contributed by atoms with E-state index in [1.165, 1.54) is 36.0 Å². The van der Waals surface area contributed by atoms with Gasteiger partial charge in [-0.25, -0.2) is 4.39 Å². The van der Waals surface area contributed by atoms with E-state index in [1.54, 1.807) is 18.2 Å². The van der Waals surface area contributed by atoms with Gasteiger partial charge in [-0.05, 0) is 30.6 Å². The molecule has 2 N–H and O–H groups in total. The van der Waals surface area contributed by atoms with Crippen LogP contribution in [0.2, 0.25) is 0 Å². The van der Waals surface area contributed by atoms with Gasteiger partial charge >= 0.3 is 0 Å². The summed E-state index contributed by atoms with van der Waals surface area (Å²) in [7, 11) is 0. The highest BCUT2D eigenvalue weighted by Gasteiger charge is 2.22. The molecule has 0 aliphatic heterocycles. The number of rotatable bonds is 9. The molecule has 0 aromatic heterocycles. The van der Waals surface area contributed by atoms with Crippen molar-refractivity contribution in [2.24, 2.45) is 0 Å². The number of amides is 2. The Kier molecular flexibility index (Phi) is 7.94. The van der Waals surface area contributed by atoms with Gasteiger partial charge in [0.05, 0.1) is 4.92 Å². The zero-order valence-corrected chi connectivity index (χ0v) is 16.0. The average Bonchev–Trinajstić information content (AvgIpc) is 2.70. The monoisotopic (exact) mass is 405 g/mol.